The summed E-state index contributed by atoms with van der Waals surface area (Å²) in [6, 6.07) is 3.91. The van der Waals surface area contributed by atoms with E-state index in [-0.39, 0.29) is 17.8 Å². The molecule has 1 aromatic carbocycles. The molecule has 1 aliphatic rings. The first kappa shape index (κ1) is 17.5. The van der Waals surface area contributed by atoms with Crippen LogP contribution in [-0.4, -0.2) is 42.8 Å². The zero-order valence-electron chi connectivity index (χ0n) is 12.8. The van der Waals surface area contributed by atoms with Gasteiger partial charge in [0.2, 0.25) is 0 Å². The Labute approximate surface area is 142 Å². The number of likely N-dealkylation sites (tertiary alicyclic amines) is 1. The average Bonchev–Trinajstić information content (AvgIpc) is 2.51. The highest BCUT2D eigenvalue weighted by atomic mass is 79.9. The quantitative estimate of drug-likeness (QED) is 0.835. The molecule has 1 fully saturated rings. The van der Waals surface area contributed by atoms with Crippen molar-refractivity contribution in [2.24, 2.45) is 0 Å². The molecular weight excluding hydrogens is 369 g/mol. The van der Waals surface area contributed by atoms with E-state index in [1.54, 1.807) is 17.9 Å². The molecule has 6 nitrogen and oxygen atoms in total. The largest absolute Gasteiger partial charge is 0.450 e. The first-order valence-corrected chi connectivity index (χ1v) is 8.23. The number of amides is 3. The van der Waals surface area contributed by atoms with E-state index in [0.29, 0.717) is 37.0 Å². The number of hydrogen-bond acceptors (Lipinski definition) is 3. The number of urea groups is 1. The van der Waals surface area contributed by atoms with Crippen LogP contribution in [0.25, 0.3) is 0 Å². The molecule has 2 rings (SSSR count). The van der Waals surface area contributed by atoms with Crippen LogP contribution in [0, 0.1) is 5.82 Å². The van der Waals surface area contributed by atoms with E-state index in [2.05, 4.69) is 26.6 Å². The molecule has 0 unspecified atom stereocenters. The van der Waals surface area contributed by atoms with Gasteiger partial charge in [0.05, 0.1) is 12.3 Å². The Morgan fingerprint density at radius 1 is 1.39 bits per heavy atom. The first-order chi connectivity index (χ1) is 11.0. The molecule has 0 saturated carbocycles. The molecule has 1 aliphatic heterocycles. The van der Waals surface area contributed by atoms with Gasteiger partial charge >= 0.3 is 12.1 Å². The lowest BCUT2D eigenvalue weighted by molar-refractivity contribution is 0.0959. The van der Waals surface area contributed by atoms with Crippen LogP contribution in [0.5, 0.6) is 0 Å². The normalized spacial score (nSPS) is 15.2. The van der Waals surface area contributed by atoms with Crippen LogP contribution in [0.3, 0.4) is 0 Å². The minimum atomic E-state index is -0.508. The summed E-state index contributed by atoms with van der Waals surface area (Å²) in [6.07, 6.45) is 0.941. The number of piperidine rings is 1. The fourth-order valence-corrected chi connectivity index (χ4v) is 2.69. The lowest BCUT2D eigenvalue weighted by Gasteiger charge is -2.31. The predicted molar refractivity (Wildman–Crippen MR) is 87.9 cm³/mol. The van der Waals surface area contributed by atoms with Crippen molar-refractivity contribution >= 4 is 33.7 Å². The molecule has 23 heavy (non-hydrogen) atoms. The van der Waals surface area contributed by atoms with Gasteiger partial charge in [-0.15, -0.1) is 0 Å². The smallest absolute Gasteiger partial charge is 0.409 e. The van der Waals surface area contributed by atoms with Gasteiger partial charge in [0.25, 0.3) is 0 Å². The van der Waals surface area contributed by atoms with E-state index < -0.39 is 11.8 Å². The fraction of sp³-hybridized carbons (Fsp3) is 0.467. The van der Waals surface area contributed by atoms with E-state index in [4.69, 9.17) is 4.74 Å². The van der Waals surface area contributed by atoms with Crippen LogP contribution in [-0.2, 0) is 4.74 Å². The lowest BCUT2D eigenvalue weighted by atomic mass is 10.1. The Kier molecular flexibility index (Phi) is 6.20. The summed E-state index contributed by atoms with van der Waals surface area (Å²) in [5, 5.41) is 5.28. The molecule has 1 aromatic rings. The molecular formula is C15H19BrFN3O3. The van der Waals surface area contributed by atoms with Crippen molar-refractivity contribution in [3.8, 4) is 0 Å². The summed E-state index contributed by atoms with van der Waals surface area (Å²) < 4.78 is 19.2. The van der Waals surface area contributed by atoms with E-state index in [0.717, 1.165) is 0 Å². The molecule has 0 aromatic heterocycles. The molecule has 2 N–H and O–H groups in total. The van der Waals surface area contributed by atoms with Crippen molar-refractivity contribution in [1.82, 2.24) is 10.2 Å². The Morgan fingerprint density at radius 3 is 2.70 bits per heavy atom. The van der Waals surface area contributed by atoms with Crippen molar-refractivity contribution in [3.05, 3.63) is 28.5 Å². The third-order valence-electron chi connectivity index (χ3n) is 3.54. The van der Waals surface area contributed by atoms with Gasteiger partial charge in [0.15, 0.2) is 0 Å². The standard InChI is InChI=1S/C15H19BrFN3O3/c1-2-23-15(22)20-7-5-11(6-8-20)18-14(21)19-13-4-3-10(16)9-12(13)17/h3-4,9,11H,2,5-8H2,1H3,(H2,18,19,21). The van der Waals surface area contributed by atoms with Crippen LogP contribution >= 0.6 is 15.9 Å². The molecule has 0 spiro atoms. The minimum absolute atomic E-state index is 0.0563. The summed E-state index contributed by atoms with van der Waals surface area (Å²) in [5.41, 5.74) is 0.120. The van der Waals surface area contributed by atoms with Crippen molar-refractivity contribution in [2.75, 3.05) is 25.0 Å². The topological polar surface area (TPSA) is 70.7 Å². The molecule has 0 atom stereocenters. The molecule has 0 bridgehead atoms. The summed E-state index contributed by atoms with van der Waals surface area (Å²) in [5.74, 6) is -0.508. The van der Waals surface area contributed by atoms with E-state index >= 15 is 0 Å². The minimum Gasteiger partial charge on any atom is -0.450 e. The lowest BCUT2D eigenvalue weighted by Crippen LogP contribution is -2.47. The van der Waals surface area contributed by atoms with Crippen molar-refractivity contribution in [1.29, 1.82) is 0 Å². The maximum atomic E-state index is 13.7. The number of nitrogens with one attached hydrogen (secondary N) is 2. The maximum Gasteiger partial charge on any atom is 0.409 e. The number of ether oxygens (including phenoxy) is 1. The monoisotopic (exact) mass is 387 g/mol. The van der Waals surface area contributed by atoms with Crippen molar-refractivity contribution in [3.63, 3.8) is 0 Å². The summed E-state index contributed by atoms with van der Waals surface area (Å²) in [7, 11) is 0. The summed E-state index contributed by atoms with van der Waals surface area (Å²) in [4.78, 5) is 25.1. The Morgan fingerprint density at radius 2 is 2.09 bits per heavy atom. The summed E-state index contributed by atoms with van der Waals surface area (Å²) >= 11 is 3.16. The number of benzene rings is 1. The highest BCUT2D eigenvalue weighted by Gasteiger charge is 2.24. The van der Waals surface area contributed by atoms with Crippen LogP contribution in [0.2, 0.25) is 0 Å². The second-order valence-corrected chi connectivity index (χ2v) is 6.10. The molecule has 1 saturated heterocycles. The van der Waals surface area contributed by atoms with Crippen LogP contribution in [0.1, 0.15) is 19.8 Å². The highest BCUT2D eigenvalue weighted by molar-refractivity contribution is 9.10. The number of carbonyl (C=O) groups is 2. The number of halogens is 2. The Hall–Kier alpha value is -1.83. The SMILES string of the molecule is CCOC(=O)N1CCC(NC(=O)Nc2ccc(Br)cc2F)CC1. The van der Waals surface area contributed by atoms with Gasteiger partial charge in [-0.3, -0.25) is 0 Å². The summed E-state index contributed by atoms with van der Waals surface area (Å²) in [6.45, 7) is 3.16. The highest BCUT2D eigenvalue weighted by Crippen LogP contribution is 2.19. The third-order valence-corrected chi connectivity index (χ3v) is 4.03. The number of hydrogen-bond donors (Lipinski definition) is 2. The van der Waals surface area contributed by atoms with Crippen LogP contribution < -0.4 is 10.6 Å². The molecule has 8 heteroatoms. The van der Waals surface area contributed by atoms with Gasteiger partial charge in [-0.1, -0.05) is 15.9 Å². The Bertz CT molecular complexity index is 577. The van der Waals surface area contributed by atoms with Gasteiger partial charge in [-0.2, -0.15) is 0 Å². The second-order valence-electron chi connectivity index (χ2n) is 5.18. The van der Waals surface area contributed by atoms with Gasteiger partial charge in [0, 0.05) is 23.6 Å². The third kappa shape index (κ3) is 5.09. The molecule has 3 amide bonds. The second kappa shape index (κ2) is 8.14. The van der Waals surface area contributed by atoms with E-state index in [1.807, 2.05) is 0 Å². The molecule has 126 valence electrons. The zero-order valence-corrected chi connectivity index (χ0v) is 14.4. The Balaban J connectivity index is 1.79. The van der Waals surface area contributed by atoms with Crippen molar-refractivity contribution in [2.45, 2.75) is 25.8 Å². The molecule has 1 heterocycles. The van der Waals surface area contributed by atoms with Gasteiger partial charge in [-0.05, 0) is 38.0 Å². The number of rotatable bonds is 3. The van der Waals surface area contributed by atoms with Crippen LogP contribution in [0.4, 0.5) is 19.7 Å². The van der Waals surface area contributed by atoms with E-state index in [9.17, 15) is 14.0 Å². The number of anilines is 1. The maximum absolute atomic E-state index is 13.7. The van der Waals surface area contributed by atoms with Gasteiger partial charge < -0.3 is 20.3 Å². The molecule has 0 aliphatic carbocycles. The first-order valence-electron chi connectivity index (χ1n) is 7.44. The van der Waals surface area contributed by atoms with Crippen LogP contribution in [0.15, 0.2) is 22.7 Å². The van der Waals surface area contributed by atoms with E-state index in [1.165, 1.54) is 12.1 Å². The predicted octanol–water partition coefficient (Wildman–Crippen LogP) is 3.33. The van der Waals surface area contributed by atoms with Gasteiger partial charge in [0.1, 0.15) is 5.82 Å². The fourth-order valence-electron chi connectivity index (χ4n) is 2.36. The number of nitrogens with zero attached hydrogens (tertiary/aromatic N) is 1. The molecule has 0 radical (unpaired) electrons. The zero-order chi connectivity index (χ0) is 16.8. The average molecular weight is 388 g/mol. The van der Waals surface area contributed by atoms with Gasteiger partial charge in [-0.25, -0.2) is 14.0 Å². The van der Waals surface area contributed by atoms with Crippen molar-refractivity contribution < 1.29 is 18.7 Å². The number of carbonyl (C=O) groups excluding carboxylic acids is 2.